The predicted octanol–water partition coefficient (Wildman–Crippen LogP) is 1.42. The highest BCUT2D eigenvalue weighted by Crippen LogP contribution is 2.22. The van der Waals surface area contributed by atoms with Gasteiger partial charge in [-0.3, -0.25) is 4.68 Å². The first-order valence-electron chi connectivity index (χ1n) is 5.44. The molecular weight excluding hydrogens is 214 g/mol. The SMILES string of the molecule is Cn1cc(-c2nc3c(CN)cccc3[nH]2)cn1. The van der Waals surface area contributed by atoms with Crippen molar-refractivity contribution < 1.29 is 0 Å². The second kappa shape index (κ2) is 3.71. The molecule has 5 heteroatoms. The maximum atomic E-state index is 5.70. The number of aryl methyl sites for hydroxylation is 1. The highest BCUT2D eigenvalue weighted by atomic mass is 15.2. The zero-order chi connectivity index (χ0) is 11.8. The summed E-state index contributed by atoms with van der Waals surface area (Å²) < 4.78 is 1.76. The third kappa shape index (κ3) is 1.60. The number of imidazole rings is 1. The smallest absolute Gasteiger partial charge is 0.141 e. The van der Waals surface area contributed by atoms with Crippen molar-refractivity contribution >= 4 is 11.0 Å². The predicted molar refractivity (Wildman–Crippen MR) is 66.2 cm³/mol. The molecule has 17 heavy (non-hydrogen) atoms. The Labute approximate surface area is 98.3 Å². The first kappa shape index (κ1) is 10.0. The van der Waals surface area contributed by atoms with Crippen molar-refractivity contribution in [1.29, 1.82) is 0 Å². The molecule has 0 aliphatic carbocycles. The second-order valence-electron chi connectivity index (χ2n) is 4.01. The summed E-state index contributed by atoms with van der Waals surface area (Å²) in [6.45, 7) is 0.495. The van der Waals surface area contributed by atoms with Crippen LogP contribution in [0, 0.1) is 0 Å². The van der Waals surface area contributed by atoms with Gasteiger partial charge in [-0.2, -0.15) is 5.10 Å². The van der Waals surface area contributed by atoms with E-state index in [1.807, 2.05) is 31.4 Å². The number of aromatic amines is 1. The van der Waals surface area contributed by atoms with Crippen molar-refractivity contribution in [1.82, 2.24) is 19.7 Å². The summed E-state index contributed by atoms with van der Waals surface area (Å²) in [7, 11) is 1.89. The molecule has 0 atom stereocenters. The van der Waals surface area contributed by atoms with E-state index in [9.17, 15) is 0 Å². The Kier molecular flexibility index (Phi) is 2.19. The molecular formula is C12H13N5. The molecule has 86 valence electrons. The van der Waals surface area contributed by atoms with Crippen molar-refractivity contribution in [3.63, 3.8) is 0 Å². The van der Waals surface area contributed by atoms with Gasteiger partial charge in [0, 0.05) is 19.8 Å². The van der Waals surface area contributed by atoms with Gasteiger partial charge in [0.15, 0.2) is 0 Å². The van der Waals surface area contributed by atoms with Crippen LogP contribution in [0.3, 0.4) is 0 Å². The zero-order valence-electron chi connectivity index (χ0n) is 9.51. The number of hydrogen-bond acceptors (Lipinski definition) is 3. The van der Waals surface area contributed by atoms with E-state index in [1.165, 1.54) is 0 Å². The molecule has 3 N–H and O–H groups in total. The molecule has 5 nitrogen and oxygen atoms in total. The third-order valence-electron chi connectivity index (χ3n) is 2.79. The lowest BCUT2D eigenvalue weighted by atomic mass is 10.2. The van der Waals surface area contributed by atoms with Crippen LogP contribution in [0.15, 0.2) is 30.6 Å². The molecule has 3 rings (SSSR count). The van der Waals surface area contributed by atoms with Gasteiger partial charge in [-0.1, -0.05) is 12.1 Å². The van der Waals surface area contributed by atoms with Gasteiger partial charge in [0.05, 0.1) is 22.8 Å². The van der Waals surface area contributed by atoms with Crippen LogP contribution in [0.4, 0.5) is 0 Å². The van der Waals surface area contributed by atoms with Crippen LogP contribution in [0.5, 0.6) is 0 Å². The molecule has 0 fully saturated rings. The molecule has 0 saturated heterocycles. The number of nitrogens with zero attached hydrogens (tertiary/aromatic N) is 3. The zero-order valence-corrected chi connectivity index (χ0v) is 9.51. The van der Waals surface area contributed by atoms with Gasteiger partial charge in [-0.05, 0) is 11.6 Å². The lowest BCUT2D eigenvalue weighted by Gasteiger charge is -1.95. The van der Waals surface area contributed by atoms with E-state index in [0.717, 1.165) is 28.0 Å². The number of nitrogens with one attached hydrogen (secondary N) is 1. The van der Waals surface area contributed by atoms with Gasteiger partial charge >= 0.3 is 0 Å². The summed E-state index contributed by atoms with van der Waals surface area (Å²) in [5.41, 5.74) is 9.67. The van der Waals surface area contributed by atoms with E-state index in [1.54, 1.807) is 10.9 Å². The monoisotopic (exact) mass is 227 g/mol. The molecule has 2 aromatic heterocycles. The highest BCUT2D eigenvalue weighted by molar-refractivity contribution is 5.82. The van der Waals surface area contributed by atoms with E-state index < -0.39 is 0 Å². The maximum absolute atomic E-state index is 5.70. The number of nitrogens with two attached hydrogens (primary N) is 1. The number of benzene rings is 1. The van der Waals surface area contributed by atoms with Crippen molar-refractivity contribution in [2.24, 2.45) is 12.8 Å². The highest BCUT2D eigenvalue weighted by Gasteiger charge is 2.08. The Balaban J connectivity index is 2.19. The molecule has 3 aromatic rings. The summed E-state index contributed by atoms with van der Waals surface area (Å²) >= 11 is 0. The molecule has 0 aliphatic heterocycles. The summed E-state index contributed by atoms with van der Waals surface area (Å²) in [5.74, 6) is 0.828. The summed E-state index contributed by atoms with van der Waals surface area (Å²) in [5, 5.41) is 4.14. The first-order valence-corrected chi connectivity index (χ1v) is 5.44. The Hall–Kier alpha value is -2.14. The number of fused-ring (bicyclic) bond motifs is 1. The van der Waals surface area contributed by atoms with Gasteiger partial charge in [0.2, 0.25) is 0 Å². The van der Waals surface area contributed by atoms with Crippen LogP contribution < -0.4 is 5.73 Å². The quantitative estimate of drug-likeness (QED) is 0.695. The van der Waals surface area contributed by atoms with Crippen LogP contribution in [-0.4, -0.2) is 19.7 Å². The van der Waals surface area contributed by atoms with Crippen LogP contribution in [-0.2, 0) is 13.6 Å². The molecule has 1 aromatic carbocycles. The molecule has 0 radical (unpaired) electrons. The molecule has 2 heterocycles. The Morgan fingerprint density at radius 2 is 2.29 bits per heavy atom. The van der Waals surface area contributed by atoms with Crippen LogP contribution in [0.1, 0.15) is 5.56 Å². The van der Waals surface area contributed by atoms with E-state index in [4.69, 9.17) is 5.73 Å². The number of rotatable bonds is 2. The summed E-state index contributed by atoms with van der Waals surface area (Å²) in [4.78, 5) is 7.86. The second-order valence-corrected chi connectivity index (χ2v) is 4.01. The molecule has 0 spiro atoms. The molecule has 0 saturated carbocycles. The number of hydrogen-bond donors (Lipinski definition) is 2. The fourth-order valence-corrected chi connectivity index (χ4v) is 1.94. The fourth-order valence-electron chi connectivity index (χ4n) is 1.94. The normalized spacial score (nSPS) is 11.2. The van der Waals surface area contributed by atoms with Gasteiger partial charge in [0.25, 0.3) is 0 Å². The first-order chi connectivity index (χ1) is 8.28. The lowest BCUT2D eigenvalue weighted by Crippen LogP contribution is -1.96. The number of para-hydroxylation sites is 1. The third-order valence-corrected chi connectivity index (χ3v) is 2.79. The summed E-state index contributed by atoms with van der Waals surface area (Å²) in [6, 6.07) is 5.98. The van der Waals surface area contributed by atoms with Gasteiger partial charge in [-0.15, -0.1) is 0 Å². The minimum Gasteiger partial charge on any atom is -0.338 e. The average molecular weight is 227 g/mol. The van der Waals surface area contributed by atoms with Crippen molar-refractivity contribution in [2.75, 3.05) is 0 Å². The van der Waals surface area contributed by atoms with Crippen LogP contribution in [0.2, 0.25) is 0 Å². The number of H-pyrrole nitrogens is 1. The van der Waals surface area contributed by atoms with E-state index in [-0.39, 0.29) is 0 Å². The van der Waals surface area contributed by atoms with E-state index in [2.05, 4.69) is 15.1 Å². The topological polar surface area (TPSA) is 72.5 Å². The minimum absolute atomic E-state index is 0.495. The standard InChI is InChI=1S/C12H13N5/c1-17-7-9(6-14-17)12-15-10-4-2-3-8(5-13)11(10)16-12/h2-4,6-7H,5,13H2,1H3,(H,15,16). The molecule has 0 aliphatic rings. The van der Waals surface area contributed by atoms with Gasteiger partial charge < -0.3 is 10.7 Å². The lowest BCUT2D eigenvalue weighted by molar-refractivity contribution is 0.768. The van der Waals surface area contributed by atoms with Gasteiger partial charge in [-0.25, -0.2) is 4.98 Å². The van der Waals surface area contributed by atoms with E-state index in [0.29, 0.717) is 6.54 Å². The fraction of sp³-hybridized carbons (Fsp3) is 0.167. The summed E-state index contributed by atoms with van der Waals surface area (Å²) in [6.07, 6.45) is 3.72. The van der Waals surface area contributed by atoms with Gasteiger partial charge in [0.1, 0.15) is 5.82 Å². The average Bonchev–Trinajstić information content (AvgIpc) is 2.93. The van der Waals surface area contributed by atoms with Crippen molar-refractivity contribution in [3.05, 3.63) is 36.2 Å². The molecule has 0 unspecified atom stereocenters. The van der Waals surface area contributed by atoms with Crippen LogP contribution in [0.25, 0.3) is 22.4 Å². The minimum atomic E-state index is 0.495. The van der Waals surface area contributed by atoms with E-state index >= 15 is 0 Å². The van der Waals surface area contributed by atoms with Crippen LogP contribution >= 0.6 is 0 Å². The van der Waals surface area contributed by atoms with Crippen molar-refractivity contribution in [2.45, 2.75) is 6.54 Å². The molecule has 0 amide bonds. The number of aromatic nitrogens is 4. The Morgan fingerprint density at radius 1 is 1.41 bits per heavy atom. The Morgan fingerprint density at radius 3 is 3.00 bits per heavy atom. The largest absolute Gasteiger partial charge is 0.338 e. The maximum Gasteiger partial charge on any atom is 0.141 e. The van der Waals surface area contributed by atoms with Crippen molar-refractivity contribution in [3.8, 4) is 11.4 Å². The Bertz CT molecular complexity index is 664. The molecule has 0 bridgehead atoms.